The van der Waals surface area contributed by atoms with Gasteiger partial charge in [-0.2, -0.15) is 0 Å². The second-order valence-corrected chi connectivity index (χ2v) is 9.27. The SMILES string of the molecule is CCN(CCN(CC)C(=O)CCC(=O)N1c2ccccc2C(=O)Nc2cccnc21)Cc1ccc(OC)cc1. The van der Waals surface area contributed by atoms with E-state index in [0.29, 0.717) is 35.8 Å². The number of hydrogen-bond donors (Lipinski definition) is 1. The third kappa shape index (κ3) is 6.61. The summed E-state index contributed by atoms with van der Waals surface area (Å²) in [5, 5.41) is 2.83. The minimum atomic E-state index is -0.307. The number of methoxy groups -OCH3 is 1. The molecule has 0 radical (unpaired) electrons. The van der Waals surface area contributed by atoms with E-state index in [1.54, 1.807) is 54.6 Å². The first-order valence-electron chi connectivity index (χ1n) is 13.3. The van der Waals surface area contributed by atoms with Gasteiger partial charge in [-0.3, -0.25) is 24.2 Å². The number of hydrogen-bond acceptors (Lipinski definition) is 6. The molecule has 2 aromatic carbocycles. The number of amides is 3. The highest BCUT2D eigenvalue weighted by Crippen LogP contribution is 2.36. The van der Waals surface area contributed by atoms with Crippen molar-refractivity contribution in [2.24, 2.45) is 0 Å². The first kappa shape index (κ1) is 27.8. The number of pyridine rings is 1. The quantitative estimate of drug-likeness (QED) is 0.394. The average molecular weight is 530 g/mol. The number of anilines is 3. The summed E-state index contributed by atoms with van der Waals surface area (Å²) in [6, 6.07) is 18.3. The number of nitrogens with one attached hydrogen (secondary N) is 1. The van der Waals surface area contributed by atoms with Crippen molar-refractivity contribution in [1.29, 1.82) is 0 Å². The molecular weight excluding hydrogens is 494 g/mol. The van der Waals surface area contributed by atoms with Gasteiger partial charge in [0, 0.05) is 45.2 Å². The average Bonchev–Trinajstić information content (AvgIpc) is 3.09. The highest BCUT2D eigenvalue weighted by atomic mass is 16.5. The Morgan fingerprint density at radius 1 is 0.949 bits per heavy atom. The predicted molar refractivity (Wildman–Crippen MR) is 151 cm³/mol. The number of likely N-dealkylation sites (N-methyl/N-ethyl adjacent to an activating group) is 2. The summed E-state index contributed by atoms with van der Waals surface area (Å²) in [6.45, 7) is 7.53. The van der Waals surface area contributed by atoms with Gasteiger partial charge in [0.15, 0.2) is 5.82 Å². The number of para-hydroxylation sites is 1. The van der Waals surface area contributed by atoms with Crippen LogP contribution in [0, 0.1) is 0 Å². The first-order valence-corrected chi connectivity index (χ1v) is 13.3. The van der Waals surface area contributed by atoms with Crippen molar-refractivity contribution in [2.75, 3.05) is 43.5 Å². The summed E-state index contributed by atoms with van der Waals surface area (Å²) in [7, 11) is 1.65. The number of ether oxygens (including phenoxy) is 1. The van der Waals surface area contributed by atoms with E-state index in [2.05, 4.69) is 22.1 Å². The second-order valence-electron chi connectivity index (χ2n) is 9.27. The molecule has 0 unspecified atom stereocenters. The van der Waals surface area contributed by atoms with Crippen LogP contribution in [0.15, 0.2) is 66.9 Å². The molecule has 2 heterocycles. The van der Waals surface area contributed by atoms with Crippen LogP contribution in [0.4, 0.5) is 17.2 Å². The van der Waals surface area contributed by atoms with E-state index in [4.69, 9.17) is 4.74 Å². The number of nitrogens with zero attached hydrogens (tertiary/aromatic N) is 4. The van der Waals surface area contributed by atoms with Gasteiger partial charge in [0.25, 0.3) is 5.91 Å². The van der Waals surface area contributed by atoms with Crippen LogP contribution in [0.5, 0.6) is 5.75 Å². The Kier molecular flexibility index (Phi) is 9.27. The van der Waals surface area contributed by atoms with Crippen molar-refractivity contribution in [2.45, 2.75) is 33.2 Å². The Labute approximate surface area is 229 Å². The van der Waals surface area contributed by atoms with Crippen molar-refractivity contribution in [3.8, 4) is 5.75 Å². The van der Waals surface area contributed by atoms with E-state index in [1.165, 1.54) is 10.5 Å². The minimum absolute atomic E-state index is 0.00277. The van der Waals surface area contributed by atoms with Gasteiger partial charge in [-0.05, 0) is 55.4 Å². The fourth-order valence-corrected chi connectivity index (χ4v) is 4.63. The van der Waals surface area contributed by atoms with E-state index in [1.807, 2.05) is 31.2 Å². The summed E-state index contributed by atoms with van der Waals surface area (Å²) in [5.74, 6) is 0.490. The fourth-order valence-electron chi connectivity index (χ4n) is 4.63. The van der Waals surface area contributed by atoms with Crippen LogP contribution in [-0.4, -0.2) is 65.8 Å². The third-order valence-corrected chi connectivity index (χ3v) is 6.87. The maximum absolute atomic E-state index is 13.5. The van der Waals surface area contributed by atoms with E-state index >= 15 is 0 Å². The molecule has 0 saturated carbocycles. The number of benzene rings is 2. The van der Waals surface area contributed by atoms with Crippen molar-refractivity contribution in [3.05, 3.63) is 78.0 Å². The molecule has 4 rings (SSSR count). The van der Waals surface area contributed by atoms with Crippen molar-refractivity contribution in [1.82, 2.24) is 14.8 Å². The zero-order valence-corrected chi connectivity index (χ0v) is 22.7. The standard InChI is InChI=1S/C30H35N5O4/c1-4-33(21-22-12-14-23(39-3)15-13-22)19-20-34(5-2)27(36)16-17-28(37)35-26-11-7-6-9-24(26)30(38)32-25-10-8-18-31-29(25)35/h6-15,18H,4-5,16-17,19-21H2,1-3H3,(H,32,38). The topological polar surface area (TPSA) is 95.1 Å². The van der Waals surface area contributed by atoms with E-state index in [-0.39, 0.29) is 30.6 Å². The largest absolute Gasteiger partial charge is 0.497 e. The molecule has 1 aliphatic rings. The lowest BCUT2D eigenvalue weighted by molar-refractivity contribution is -0.133. The lowest BCUT2D eigenvalue weighted by Gasteiger charge is -2.27. The molecule has 0 aliphatic carbocycles. The zero-order valence-electron chi connectivity index (χ0n) is 22.7. The number of rotatable bonds is 11. The van der Waals surface area contributed by atoms with Gasteiger partial charge < -0.3 is 15.0 Å². The third-order valence-electron chi connectivity index (χ3n) is 6.87. The minimum Gasteiger partial charge on any atom is -0.497 e. The molecule has 3 amide bonds. The number of aromatic nitrogens is 1. The maximum atomic E-state index is 13.5. The number of carbonyl (C=O) groups is 3. The zero-order chi connectivity index (χ0) is 27.8. The molecule has 0 saturated heterocycles. The Balaban J connectivity index is 1.39. The highest BCUT2D eigenvalue weighted by molar-refractivity contribution is 6.17. The molecule has 204 valence electrons. The lowest BCUT2D eigenvalue weighted by Crippen LogP contribution is -2.39. The Morgan fingerprint density at radius 2 is 1.72 bits per heavy atom. The molecule has 39 heavy (non-hydrogen) atoms. The molecule has 9 nitrogen and oxygen atoms in total. The Hall–Kier alpha value is -4.24. The van der Waals surface area contributed by atoms with Gasteiger partial charge in [-0.15, -0.1) is 0 Å². The normalized spacial score (nSPS) is 12.3. The summed E-state index contributed by atoms with van der Waals surface area (Å²) in [5.41, 5.74) is 2.46. The van der Waals surface area contributed by atoms with Crippen LogP contribution < -0.4 is 15.0 Å². The Bertz CT molecular complexity index is 1310. The Morgan fingerprint density at radius 3 is 2.44 bits per heavy atom. The van der Waals surface area contributed by atoms with Crippen molar-refractivity contribution >= 4 is 34.9 Å². The molecule has 0 atom stereocenters. The van der Waals surface area contributed by atoms with Gasteiger partial charge in [0.1, 0.15) is 5.75 Å². The predicted octanol–water partition coefficient (Wildman–Crippen LogP) is 4.47. The van der Waals surface area contributed by atoms with Crippen molar-refractivity contribution in [3.63, 3.8) is 0 Å². The van der Waals surface area contributed by atoms with E-state index in [0.717, 1.165) is 25.4 Å². The van der Waals surface area contributed by atoms with Gasteiger partial charge in [-0.1, -0.05) is 31.2 Å². The van der Waals surface area contributed by atoms with Crippen LogP contribution in [0.25, 0.3) is 0 Å². The summed E-state index contributed by atoms with van der Waals surface area (Å²) in [6.07, 6.45) is 1.64. The fraction of sp³-hybridized carbons (Fsp3) is 0.333. The summed E-state index contributed by atoms with van der Waals surface area (Å²) < 4.78 is 5.24. The molecule has 3 aromatic rings. The molecule has 1 aromatic heterocycles. The molecule has 1 aliphatic heterocycles. The van der Waals surface area contributed by atoms with Gasteiger partial charge in [-0.25, -0.2) is 4.98 Å². The summed E-state index contributed by atoms with van der Waals surface area (Å²) >= 11 is 0. The van der Waals surface area contributed by atoms with Gasteiger partial charge in [0.2, 0.25) is 11.8 Å². The van der Waals surface area contributed by atoms with Crippen LogP contribution in [0.1, 0.15) is 42.6 Å². The number of carbonyl (C=O) groups excluding carboxylic acids is 3. The van der Waals surface area contributed by atoms with E-state index in [9.17, 15) is 14.4 Å². The maximum Gasteiger partial charge on any atom is 0.257 e. The van der Waals surface area contributed by atoms with Crippen molar-refractivity contribution < 1.29 is 19.1 Å². The first-order chi connectivity index (χ1) is 18.9. The highest BCUT2D eigenvalue weighted by Gasteiger charge is 2.30. The van der Waals surface area contributed by atoms with Gasteiger partial charge >= 0.3 is 0 Å². The van der Waals surface area contributed by atoms with Crippen LogP contribution in [0.3, 0.4) is 0 Å². The monoisotopic (exact) mass is 529 g/mol. The van der Waals surface area contributed by atoms with Crippen LogP contribution in [0.2, 0.25) is 0 Å². The van der Waals surface area contributed by atoms with E-state index < -0.39 is 0 Å². The molecule has 1 N–H and O–H groups in total. The number of fused-ring (bicyclic) bond motifs is 2. The lowest BCUT2D eigenvalue weighted by atomic mass is 10.1. The molecule has 0 fully saturated rings. The summed E-state index contributed by atoms with van der Waals surface area (Å²) in [4.78, 5) is 49.3. The second kappa shape index (κ2) is 13.0. The molecule has 9 heteroatoms. The molecule has 0 bridgehead atoms. The van der Waals surface area contributed by atoms with Crippen LogP contribution in [-0.2, 0) is 16.1 Å². The smallest absolute Gasteiger partial charge is 0.257 e. The molecular formula is C30H35N5O4. The van der Waals surface area contributed by atoms with Crippen LogP contribution >= 0.6 is 0 Å². The molecule has 0 spiro atoms. The van der Waals surface area contributed by atoms with Gasteiger partial charge in [0.05, 0.1) is 24.0 Å².